The van der Waals surface area contributed by atoms with E-state index in [0.717, 1.165) is 6.29 Å². The highest BCUT2D eigenvalue weighted by molar-refractivity contribution is 5.49. The zero-order valence-corrected chi connectivity index (χ0v) is 7.34. The van der Waals surface area contributed by atoms with Crippen molar-refractivity contribution in [1.29, 1.82) is 0 Å². The molecule has 0 aromatic heterocycles. The summed E-state index contributed by atoms with van der Waals surface area (Å²) >= 11 is 0. The molecule has 0 rings (SSSR count). The third kappa shape index (κ3) is 9.15. The Morgan fingerprint density at radius 2 is 2.08 bits per heavy atom. The summed E-state index contributed by atoms with van der Waals surface area (Å²) in [5.41, 5.74) is 0. The second kappa shape index (κ2) is 10.2. The maximum absolute atomic E-state index is 9.87. The molecule has 0 aliphatic heterocycles. The van der Waals surface area contributed by atoms with Gasteiger partial charge in [0, 0.05) is 26.4 Å². The van der Waals surface area contributed by atoms with Crippen molar-refractivity contribution in [3.8, 4) is 11.8 Å². The topological polar surface area (TPSA) is 35.5 Å². The van der Waals surface area contributed by atoms with Crippen LogP contribution >= 0.6 is 0 Å². The highest BCUT2D eigenvalue weighted by atomic mass is 16.7. The van der Waals surface area contributed by atoms with Gasteiger partial charge in [-0.2, -0.15) is 0 Å². The van der Waals surface area contributed by atoms with Gasteiger partial charge in [-0.15, -0.1) is 11.8 Å². The second-order valence-corrected chi connectivity index (χ2v) is 2.12. The first-order valence-corrected chi connectivity index (χ1v) is 3.88. The largest absolute Gasteiger partial charge is 0.359 e. The molecule has 0 fully saturated rings. The van der Waals surface area contributed by atoms with Crippen LogP contribution in [0.3, 0.4) is 0 Å². The molecule has 0 aromatic rings. The number of unbranched alkanes of at least 4 members (excludes halogenated alkanes) is 1. The zero-order valence-electron chi connectivity index (χ0n) is 7.34. The molecule has 0 saturated carbocycles. The van der Waals surface area contributed by atoms with E-state index in [-0.39, 0.29) is 0 Å². The van der Waals surface area contributed by atoms with Crippen molar-refractivity contribution in [2.75, 3.05) is 20.5 Å². The number of rotatable bonds is 6. The van der Waals surface area contributed by atoms with Gasteiger partial charge < -0.3 is 14.3 Å². The van der Waals surface area contributed by atoms with E-state index in [9.17, 15) is 4.79 Å². The lowest BCUT2D eigenvalue weighted by Gasteiger charge is -1.96. The highest BCUT2D eigenvalue weighted by Gasteiger charge is 1.81. The molecule has 0 heterocycles. The van der Waals surface area contributed by atoms with E-state index >= 15 is 0 Å². The summed E-state index contributed by atoms with van der Waals surface area (Å²) < 4.78 is 9.67. The average molecular weight is 170 g/mol. The predicted octanol–water partition coefficient (Wildman–Crippen LogP) is 0.980. The molecule has 3 nitrogen and oxygen atoms in total. The second-order valence-electron chi connectivity index (χ2n) is 2.12. The lowest BCUT2D eigenvalue weighted by atomic mass is 10.3. The van der Waals surface area contributed by atoms with Gasteiger partial charge in [0.2, 0.25) is 0 Å². The molecule has 68 valence electrons. The first kappa shape index (κ1) is 11.2. The van der Waals surface area contributed by atoms with E-state index in [4.69, 9.17) is 4.74 Å². The Kier molecular flexibility index (Phi) is 9.43. The fourth-order valence-corrected chi connectivity index (χ4v) is 0.573. The maximum atomic E-state index is 9.87. The summed E-state index contributed by atoms with van der Waals surface area (Å²) in [6, 6.07) is 0. The Labute approximate surface area is 73.0 Å². The van der Waals surface area contributed by atoms with E-state index < -0.39 is 0 Å². The van der Waals surface area contributed by atoms with Crippen molar-refractivity contribution in [2.45, 2.75) is 19.3 Å². The number of carbonyl (C=O) groups excluding carboxylic acids is 1. The maximum Gasteiger partial charge on any atom is 0.146 e. The van der Waals surface area contributed by atoms with Crippen LogP contribution in [0.2, 0.25) is 0 Å². The van der Waals surface area contributed by atoms with Crippen LogP contribution in [0.1, 0.15) is 19.3 Å². The minimum absolute atomic E-state index is 0.315. The molecule has 3 heteroatoms. The zero-order chi connectivity index (χ0) is 9.07. The molecule has 0 atom stereocenters. The molecule has 0 aliphatic carbocycles. The molecule has 0 saturated heterocycles. The van der Waals surface area contributed by atoms with Crippen LogP contribution in [0.25, 0.3) is 0 Å². The minimum Gasteiger partial charge on any atom is -0.359 e. The fraction of sp³-hybridized carbons (Fsp3) is 0.667. The van der Waals surface area contributed by atoms with Crippen molar-refractivity contribution in [3.63, 3.8) is 0 Å². The van der Waals surface area contributed by atoms with Crippen LogP contribution in [-0.2, 0) is 14.3 Å². The van der Waals surface area contributed by atoms with Crippen LogP contribution < -0.4 is 0 Å². The average Bonchev–Trinajstić information content (AvgIpc) is 2.10. The Morgan fingerprint density at radius 3 is 2.75 bits per heavy atom. The molecule has 0 aliphatic rings. The molecular weight excluding hydrogens is 156 g/mol. The fourth-order valence-electron chi connectivity index (χ4n) is 0.573. The summed E-state index contributed by atoms with van der Waals surface area (Å²) in [4.78, 5) is 9.87. The Morgan fingerprint density at radius 1 is 1.33 bits per heavy atom. The SMILES string of the molecule is COCOCCC#CCCC=O. The van der Waals surface area contributed by atoms with Gasteiger partial charge in [0.1, 0.15) is 13.1 Å². The summed E-state index contributed by atoms with van der Waals surface area (Å²) in [5, 5.41) is 0. The van der Waals surface area contributed by atoms with Gasteiger partial charge in [0.15, 0.2) is 0 Å². The first-order valence-electron chi connectivity index (χ1n) is 3.88. The van der Waals surface area contributed by atoms with Gasteiger partial charge in [-0.05, 0) is 0 Å². The smallest absolute Gasteiger partial charge is 0.146 e. The minimum atomic E-state index is 0.315. The number of hydrogen-bond donors (Lipinski definition) is 0. The van der Waals surface area contributed by atoms with Crippen molar-refractivity contribution in [2.24, 2.45) is 0 Å². The molecule has 0 bridgehead atoms. The lowest BCUT2D eigenvalue weighted by Crippen LogP contribution is -1.96. The van der Waals surface area contributed by atoms with Gasteiger partial charge in [-0.1, -0.05) is 0 Å². The Hall–Kier alpha value is -0.850. The molecule has 0 spiro atoms. The third-order valence-corrected chi connectivity index (χ3v) is 1.08. The van der Waals surface area contributed by atoms with Gasteiger partial charge in [0.25, 0.3) is 0 Å². The molecule has 0 radical (unpaired) electrons. The van der Waals surface area contributed by atoms with Crippen molar-refractivity contribution >= 4 is 6.29 Å². The quantitative estimate of drug-likeness (QED) is 0.258. The number of aldehydes is 1. The summed E-state index contributed by atoms with van der Waals surface area (Å²) in [6.07, 6.45) is 2.73. The Balaban J connectivity index is 3.04. The lowest BCUT2D eigenvalue weighted by molar-refractivity contribution is -0.107. The van der Waals surface area contributed by atoms with Gasteiger partial charge in [-0.3, -0.25) is 0 Å². The van der Waals surface area contributed by atoms with E-state index in [0.29, 0.717) is 32.7 Å². The van der Waals surface area contributed by atoms with Gasteiger partial charge >= 0.3 is 0 Å². The van der Waals surface area contributed by atoms with Crippen molar-refractivity contribution < 1.29 is 14.3 Å². The van der Waals surface area contributed by atoms with Gasteiger partial charge in [-0.25, -0.2) is 0 Å². The predicted molar refractivity (Wildman–Crippen MR) is 45.5 cm³/mol. The summed E-state index contributed by atoms with van der Waals surface area (Å²) in [7, 11) is 1.58. The molecule has 0 unspecified atom stereocenters. The van der Waals surface area contributed by atoms with Crippen LogP contribution in [0, 0.1) is 11.8 Å². The third-order valence-electron chi connectivity index (χ3n) is 1.08. The van der Waals surface area contributed by atoms with E-state index in [1.165, 1.54) is 0 Å². The molecule has 0 amide bonds. The molecule has 0 aromatic carbocycles. The van der Waals surface area contributed by atoms with Crippen LogP contribution in [-0.4, -0.2) is 26.8 Å². The normalized spacial score (nSPS) is 8.75. The van der Waals surface area contributed by atoms with Gasteiger partial charge in [0.05, 0.1) is 6.61 Å². The monoisotopic (exact) mass is 170 g/mol. The first-order chi connectivity index (χ1) is 5.91. The van der Waals surface area contributed by atoms with E-state index in [1.54, 1.807) is 7.11 Å². The van der Waals surface area contributed by atoms with Crippen LogP contribution in [0.15, 0.2) is 0 Å². The van der Waals surface area contributed by atoms with E-state index in [1.807, 2.05) is 0 Å². The van der Waals surface area contributed by atoms with Crippen LogP contribution in [0.5, 0.6) is 0 Å². The van der Waals surface area contributed by atoms with Crippen LogP contribution in [0.4, 0.5) is 0 Å². The number of hydrogen-bond acceptors (Lipinski definition) is 3. The van der Waals surface area contributed by atoms with Crippen molar-refractivity contribution in [1.82, 2.24) is 0 Å². The summed E-state index contributed by atoms with van der Waals surface area (Å²) in [6.45, 7) is 0.901. The number of ether oxygens (including phenoxy) is 2. The number of methoxy groups -OCH3 is 1. The Bertz CT molecular complexity index is 155. The molecule has 12 heavy (non-hydrogen) atoms. The molecule has 0 N–H and O–H groups in total. The van der Waals surface area contributed by atoms with Crippen molar-refractivity contribution in [3.05, 3.63) is 0 Å². The molecular formula is C9H14O3. The highest BCUT2D eigenvalue weighted by Crippen LogP contribution is 1.83. The summed E-state index contributed by atoms with van der Waals surface area (Å²) in [5.74, 6) is 5.75. The standard InChI is InChI=1S/C9H14O3/c1-11-9-12-8-6-4-2-3-5-7-10/h7H,3,5-6,8-9H2,1H3. The van der Waals surface area contributed by atoms with E-state index in [2.05, 4.69) is 16.6 Å². The number of carbonyl (C=O) groups is 1.